The molecule has 1 aliphatic heterocycles. The van der Waals surface area contributed by atoms with Gasteiger partial charge < -0.3 is 23.5 Å². The fourth-order valence-electron chi connectivity index (χ4n) is 4.62. The van der Waals surface area contributed by atoms with E-state index in [1.165, 1.54) is 7.11 Å². The molecule has 2 atom stereocenters. The number of aromatic nitrogens is 4. The molecule has 2 aromatic carbocycles. The number of hydrogen-bond donors (Lipinski definition) is 0. The second kappa shape index (κ2) is 13.3. The van der Waals surface area contributed by atoms with E-state index in [-0.39, 0.29) is 12.1 Å². The zero-order valence-electron chi connectivity index (χ0n) is 22.5. The SMILES string of the molecule is CCCC(=O)OC.COc1cccc([C@H]2O[C@H](CCn3ccnn3)c3cccn3-c3ccc(Cl)cc32)c1OC. The van der Waals surface area contributed by atoms with E-state index in [0.29, 0.717) is 29.5 Å². The zero-order chi connectivity index (χ0) is 27.8. The van der Waals surface area contributed by atoms with E-state index < -0.39 is 6.10 Å². The summed E-state index contributed by atoms with van der Waals surface area (Å²) < 4.78 is 26.5. The van der Waals surface area contributed by atoms with Gasteiger partial charge in [0.05, 0.1) is 38.9 Å². The van der Waals surface area contributed by atoms with Crippen molar-refractivity contribution in [3.63, 3.8) is 0 Å². The Morgan fingerprint density at radius 1 is 1.05 bits per heavy atom. The Labute approximate surface area is 233 Å². The summed E-state index contributed by atoms with van der Waals surface area (Å²) in [7, 11) is 4.67. The van der Waals surface area contributed by atoms with Crippen LogP contribution in [0.5, 0.6) is 11.5 Å². The average molecular weight is 553 g/mol. The summed E-state index contributed by atoms with van der Waals surface area (Å²) in [5.74, 6) is 1.18. The van der Waals surface area contributed by atoms with Crippen molar-refractivity contribution in [1.29, 1.82) is 0 Å². The van der Waals surface area contributed by atoms with Crippen molar-refractivity contribution in [3.8, 4) is 17.2 Å². The van der Waals surface area contributed by atoms with E-state index in [9.17, 15) is 4.79 Å². The minimum absolute atomic E-state index is 0.123. The molecular weight excluding hydrogens is 520 g/mol. The van der Waals surface area contributed by atoms with Gasteiger partial charge in [0.15, 0.2) is 11.5 Å². The van der Waals surface area contributed by atoms with Gasteiger partial charge in [-0.15, -0.1) is 5.10 Å². The summed E-state index contributed by atoms with van der Waals surface area (Å²) in [4.78, 5) is 10.2. The van der Waals surface area contributed by atoms with Crippen molar-refractivity contribution < 1.29 is 23.7 Å². The molecule has 5 rings (SSSR count). The molecule has 0 bridgehead atoms. The van der Waals surface area contributed by atoms with Crippen LogP contribution >= 0.6 is 11.6 Å². The number of fused-ring (bicyclic) bond motifs is 3. The summed E-state index contributed by atoms with van der Waals surface area (Å²) >= 11 is 6.44. The molecule has 9 nitrogen and oxygen atoms in total. The van der Waals surface area contributed by atoms with Crippen molar-refractivity contribution in [2.75, 3.05) is 21.3 Å². The van der Waals surface area contributed by atoms with Crippen LogP contribution in [0.25, 0.3) is 5.69 Å². The largest absolute Gasteiger partial charge is 0.493 e. The van der Waals surface area contributed by atoms with Crippen molar-refractivity contribution in [3.05, 3.63) is 89.0 Å². The molecule has 0 radical (unpaired) electrons. The molecule has 0 spiro atoms. The number of esters is 1. The molecule has 2 aromatic heterocycles. The van der Waals surface area contributed by atoms with Crippen molar-refractivity contribution in [2.45, 2.75) is 44.9 Å². The number of carbonyl (C=O) groups is 1. The lowest BCUT2D eigenvalue weighted by molar-refractivity contribution is -0.140. The van der Waals surface area contributed by atoms with Gasteiger partial charge in [-0.25, -0.2) is 0 Å². The Bertz CT molecular complexity index is 1370. The van der Waals surface area contributed by atoms with E-state index in [4.69, 9.17) is 25.8 Å². The maximum atomic E-state index is 10.2. The van der Waals surface area contributed by atoms with Gasteiger partial charge in [-0.2, -0.15) is 0 Å². The maximum absolute atomic E-state index is 10.2. The molecule has 0 amide bonds. The van der Waals surface area contributed by atoms with Crippen LogP contribution in [0.1, 0.15) is 55.2 Å². The molecule has 3 heterocycles. The van der Waals surface area contributed by atoms with Crippen LogP contribution in [0, 0.1) is 0 Å². The number of ether oxygens (including phenoxy) is 4. The van der Waals surface area contributed by atoms with Crippen LogP contribution in [0.4, 0.5) is 0 Å². The molecule has 0 saturated carbocycles. The van der Waals surface area contributed by atoms with Gasteiger partial charge in [-0.3, -0.25) is 9.48 Å². The van der Waals surface area contributed by atoms with Gasteiger partial charge in [0, 0.05) is 41.5 Å². The van der Waals surface area contributed by atoms with Crippen molar-refractivity contribution >= 4 is 17.6 Å². The Kier molecular flexibility index (Phi) is 9.62. The molecular formula is C29H33ClN4O5. The van der Waals surface area contributed by atoms with E-state index in [1.807, 2.05) is 60.3 Å². The third-order valence-corrected chi connectivity index (χ3v) is 6.67. The van der Waals surface area contributed by atoms with E-state index in [1.54, 1.807) is 20.4 Å². The highest BCUT2D eigenvalue weighted by Crippen LogP contribution is 2.46. The standard InChI is InChI=1S/C24H23ClN4O3.C5H10O2/c1-30-22-7-3-5-17(24(22)31-2)23-18-15-16(25)8-9-19(18)29-12-4-6-20(29)21(32-23)10-13-28-14-11-26-27-28;1-3-4-5(6)7-2/h3-9,11-12,14-15,21,23H,10,13H2,1-2H3;3-4H2,1-2H3/t21-,23-;/m1./s1. The van der Waals surface area contributed by atoms with Gasteiger partial charge in [0.25, 0.3) is 0 Å². The van der Waals surface area contributed by atoms with Gasteiger partial charge >= 0.3 is 5.97 Å². The molecule has 206 valence electrons. The Balaban J connectivity index is 0.000000448. The average Bonchev–Trinajstić information content (AvgIpc) is 3.64. The van der Waals surface area contributed by atoms with Gasteiger partial charge in [-0.1, -0.05) is 35.9 Å². The fraction of sp³-hybridized carbons (Fsp3) is 0.345. The Morgan fingerprint density at radius 3 is 2.56 bits per heavy atom. The summed E-state index contributed by atoms with van der Waals surface area (Å²) in [5.41, 5.74) is 3.93. The quantitative estimate of drug-likeness (QED) is 0.249. The molecule has 0 saturated heterocycles. The summed E-state index contributed by atoms with van der Waals surface area (Å²) in [6.45, 7) is 2.62. The smallest absolute Gasteiger partial charge is 0.305 e. The van der Waals surface area contributed by atoms with Crippen LogP contribution in [0.2, 0.25) is 5.02 Å². The number of aryl methyl sites for hydroxylation is 1. The van der Waals surface area contributed by atoms with E-state index in [2.05, 4.69) is 31.9 Å². The highest BCUT2D eigenvalue weighted by Gasteiger charge is 2.32. The van der Waals surface area contributed by atoms with E-state index >= 15 is 0 Å². The molecule has 4 aromatic rings. The number of halogens is 1. The predicted molar refractivity (Wildman–Crippen MR) is 148 cm³/mol. The number of benzene rings is 2. The molecule has 0 unspecified atom stereocenters. The summed E-state index contributed by atoms with van der Waals surface area (Å²) in [6.07, 6.45) is 7.11. The lowest BCUT2D eigenvalue weighted by atomic mass is 9.98. The fourth-order valence-corrected chi connectivity index (χ4v) is 4.80. The van der Waals surface area contributed by atoms with E-state index in [0.717, 1.165) is 35.3 Å². The number of hydrogen-bond acceptors (Lipinski definition) is 7. The topological polar surface area (TPSA) is 89.6 Å². The molecule has 39 heavy (non-hydrogen) atoms. The monoisotopic (exact) mass is 552 g/mol. The van der Waals surface area contributed by atoms with Crippen molar-refractivity contribution in [1.82, 2.24) is 19.6 Å². The molecule has 0 N–H and O–H groups in total. The number of para-hydroxylation sites is 1. The first kappa shape index (κ1) is 28.2. The third kappa shape index (κ3) is 6.43. The highest BCUT2D eigenvalue weighted by atomic mass is 35.5. The first-order valence-corrected chi connectivity index (χ1v) is 13.1. The Hall–Kier alpha value is -3.82. The first-order chi connectivity index (χ1) is 19.0. The zero-order valence-corrected chi connectivity index (χ0v) is 23.3. The molecule has 10 heteroatoms. The molecule has 0 aliphatic carbocycles. The summed E-state index contributed by atoms with van der Waals surface area (Å²) in [6, 6.07) is 15.9. The Morgan fingerprint density at radius 2 is 1.90 bits per heavy atom. The van der Waals surface area contributed by atoms with Gasteiger partial charge in [-0.05, 0) is 49.2 Å². The minimum Gasteiger partial charge on any atom is -0.493 e. The highest BCUT2D eigenvalue weighted by molar-refractivity contribution is 6.30. The maximum Gasteiger partial charge on any atom is 0.305 e. The molecule has 0 fully saturated rings. The lowest BCUT2D eigenvalue weighted by Gasteiger charge is -2.25. The number of carbonyl (C=O) groups excluding carboxylic acids is 1. The number of rotatable bonds is 8. The van der Waals surface area contributed by atoms with Crippen LogP contribution < -0.4 is 9.47 Å². The first-order valence-electron chi connectivity index (χ1n) is 12.7. The minimum atomic E-state index is -0.408. The third-order valence-electron chi connectivity index (χ3n) is 6.43. The van der Waals surface area contributed by atoms with Crippen LogP contribution in [0.3, 0.4) is 0 Å². The lowest BCUT2D eigenvalue weighted by Crippen LogP contribution is -2.14. The second-order valence-electron chi connectivity index (χ2n) is 8.87. The van der Waals surface area contributed by atoms with Crippen LogP contribution in [-0.4, -0.2) is 46.9 Å². The van der Waals surface area contributed by atoms with Gasteiger partial charge in [0.2, 0.25) is 0 Å². The van der Waals surface area contributed by atoms with Crippen LogP contribution in [-0.2, 0) is 20.8 Å². The summed E-state index contributed by atoms with van der Waals surface area (Å²) in [5, 5.41) is 8.65. The predicted octanol–water partition coefficient (Wildman–Crippen LogP) is 5.95. The van der Waals surface area contributed by atoms with Crippen LogP contribution in [0.15, 0.2) is 67.1 Å². The van der Waals surface area contributed by atoms with Gasteiger partial charge in [0.1, 0.15) is 12.2 Å². The number of methoxy groups -OCH3 is 3. The normalized spacial score (nSPS) is 15.7. The molecule has 1 aliphatic rings. The number of nitrogens with zero attached hydrogens (tertiary/aromatic N) is 4. The second-order valence-corrected chi connectivity index (χ2v) is 9.31. The van der Waals surface area contributed by atoms with Crippen molar-refractivity contribution in [2.24, 2.45) is 0 Å².